The van der Waals surface area contributed by atoms with Crippen molar-refractivity contribution < 1.29 is 4.74 Å². The third kappa shape index (κ3) is 4.59. The molecule has 9 heteroatoms. The molecular formula is C29H32Cl2N6O. The zero-order chi connectivity index (χ0) is 27.2. The fourth-order valence-electron chi connectivity index (χ4n) is 5.09. The number of halogens is 2. The third-order valence-electron chi connectivity index (χ3n) is 8.11. The Bertz CT molecular complexity index is 1540. The molecule has 2 atom stereocenters. The van der Waals surface area contributed by atoms with Crippen LogP contribution in [0.5, 0.6) is 5.75 Å². The van der Waals surface area contributed by atoms with Crippen molar-refractivity contribution >= 4 is 45.9 Å². The Labute approximate surface area is 232 Å². The Kier molecular flexibility index (Phi) is 6.80. The molecule has 0 saturated heterocycles. The molecule has 0 radical (unpaired) electrons. The zero-order valence-electron chi connectivity index (χ0n) is 21.9. The fraction of sp³-hybridized carbons (Fsp3) is 0.310. The monoisotopic (exact) mass is 550 g/mol. The minimum Gasteiger partial charge on any atom is -0.497 e. The molecule has 2 aromatic heterocycles. The Hall–Kier alpha value is -3.26. The largest absolute Gasteiger partial charge is 0.497 e. The van der Waals surface area contributed by atoms with Gasteiger partial charge in [0, 0.05) is 34.3 Å². The first kappa shape index (κ1) is 26.4. The minimum atomic E-state index is -0.310. The summed E-state index contributed by atoms with van der Waals surface area (Å²) >= 11 is 13.0. The van der Waals surface area contributed by atoms with Crippen LogP contribution in [0.15, 0.2) is 65.9 Å². The van der Waals surface area contributed by atoms with Crippen LogP contribution in [-0.2, 0) is 0 Å². The van der Waals surface area contributed by atoms with Crippen LogP contribution >= 0.6 is 23.2 Å². The number of amidine groups is 1. The van der Waals surface area contributed by atoms with Gasteiger partial charge in [0.05, 0.1) is 45.8 Å². The quantitative estimate of drug-likeness (QED) is 0.183. The maximum Gasteiger partial charge on any atom is 0.135 e. The number of nitrogens with zero attached hydrogens (tertiary/aromatic N) is 3. The minimum absolute atomic E-state index is 0.110. The molecule has 198 valence electrons. The fourth-order valence-corrected chi connectivity index (χ4v) is 5.55. The highest BCUT2D eigenvalue weighted by Gasteiger charge is 2.49. The van der Waals surface area contributed by atoms with Gasteiger partial charge in [0.2, 0.25) is 0 Å². The van der Waals surface area contributed by atoms with Gasteiger partial charge in [-0.1, -0.05) is 49.2 Å². The first-order valence-corrected chi connectivity index (χ1v) is 13.3. The summed E-state index contributed by atoms with van der Waals surface area (Å²) in [4.78, 5) is 4.65. The second kappa shape index (κ2) is 9.80. The highest BCUT2D eigenvalue weighted by atomic mass is 35.5. The molecule has 1 aliphatic rings. The second-order valence-corrected chi connectivity index (χ2v) is 11.5. The van der Waals surface area contributed by atoms with Gasteiger partial charge in [-0.2, -0.15) is 5.10 Å². The van der Waals surface area contributed by atoms with Gasteiger partial charge in [-0.15, -0.1) is 0 Å². The molecule has 38 heavy (non-hydrogen) atoms. The van der Waals surface area contributed by atoms with E-state index < -0.39 is 0 Å². The second-order valence-electron chi connectivity index (χ2n) is 10.7. The van der Waals surface area contributed by atoms with Crippen LogP contribution in [0.2, 0.25) is 10.0 Å². The third-order valence-corrected chi connectivity index (χ3v) is 8.74. The van der Waals surface area contributed by atoms with E-state index in [1.165, 1.54) is 0 Å². The highest BCUT2D eigenvalue weighted by molar-refractivity contribution is 6.33. The molecule has 1 fully saturated rings. The number of fused-ring (bicyclic) bond motifs is 1. The van der Waals surface area contributed by atoms with Crippen molar-refractivity contribution in [2.24, 2.45) is 21.9 Å². The summed E-state index contributed by atoms with van der Waals surface area (Å²) in [6, 6.07) is 15.1. The molecule has 4 aromatic rings. The van der Waals surface area contributed by atoms with Crippen LogP contribution in [0.1, 0.15) is 39.2 Å². The first-order valence-electron chi connectivity index (χ1n) is 12.5. The summed E-state index contributed by atoms with van der Waals surface area (Å²) < 4.78 is 7.14. The van der Waals surface area contributed by atoms with Gasteiger partial charge in [0.15, 0.2) is 0 Å². The number of ether oxygens (including phenoxy) is 1. The van der Waals surface area contributed by atoms with Gasteiger partial charge in [0.25, 0.3) is 0 Å². The number of anilines is 1. The van der Waals surface area contributed by atoms with Gasteiger partial charge in [-0.05, 0) is 56.2 Å². The lowest BCUT2D eigenvalue weighted by atomic mass is 9.75. The maximum atomic E-state index is 6.70. The van der Waals surface area contributed by atoms with E-state index in [4.69, 9.17) is 39.4 Å². The molecule has 7 nitrogen and oxygen atoms in total. The lowest BCUT2D eigenvalue weighted by Gasteiger charge is -2.39. The number of nitrogens with two attached hydrogens (primary N) is 2. The zero-order valence-corrected chi connectivity index (χ0v) is 23.4. The Morgan fingerprint density at radius 2 is 1.89 bits per heavy atom. The highest BCUT2D eigenvalue weighted by Crippen LogP contribution is 2.46. The lowest BCUT2D eigenvalue weighted by molar-refractivity contribution is 0.215. The molecule has 0 aliphatic heterocycles. The van der Waals surface area contributed by atoms with Crippen LogP contribution in [-0.4, -0.2) is 34.1 Å². The predicted molar refractivity (Wildman–Crippen MR) is 157 cm³/mol. The van der Waals surface area contributed by atoms with E-state index in [1.807, 2.05) is 41.0 Å². The van der Waals surface area contributed by atoms with Crippen LogP contribution in [0.25, 0.3) is 16.6 Å². The number of aliphatic imine (C=N–C) groups is 1. The number of methoxy groups -OCH3 is 1. The smallest absolute Gasteiger partial charge is 0.135 e. The number of hydrogen-bond acceptors (Lipinski definition) is 5. The molecule has 0 spiro atoms. The topological polar surface area (TPSA) is 103 Å². The van der Waals surface area contributed by atoms with Crippen molar-refractivity contribution in [3.63, 3.8) is 0 Å². The summed E-state index contributed by atoms with van der Waals surface area (Å²) in [5, 5.41) is 9.57. The number of aromatic nitrogens is 2. The normalized spacial score (nSPS) is 21.1. The van der Waals surface area contributed by atoms with Crippen molar-refractivity contribution in [2.45, 2.75) is 45.2 Å². The van der Waals surface area contributed by atoms with Crippen molar-refractivity contribution in [1.29, 1.82) is 0 Å². The predicted octanol–water partition coefficient (Wildman–Crippen LogP) is 6.67. The molecule has 0 unspecified atom stereocenters. The summed E-state index contributed by atoms with van der Waals surface area (Å²) in [5.74, 6) is 1.01. The van der Waals surface area contributed by atoms with Crippen molar-refractivity contribution in [1.82, 2.24) is 9.61 Å². The lowest BCUT2D eigenvalue weighted by Crippen LogP contribution is -2.51. The maximum absolute atomic E-state index is 6.70. The molecule has 1 saturated carbocycles. The van der Waals surface area contributed by atoms with Gasteiger partial charge in [-0.3, -0.25) is 0 Å². The van der Waals surface area contributed by atoms with Crippen molar-refractivity contribution in [3.8, 4) is 16.9 Å². The van der Waals surface area contributed by atoms with E-state index in [0.29, 0.717) is 32.9 Å². The number of benzene rings is 2. The van der Waals surface area contributed by atoms with Crippen LogP contribution in [0.4, 0.5) is 11.4 Å². The first-order chi connectivity index (χ1) is 18.0. The summed E-state index contributed by atoms with van der Waals surface area (Å²) in [6.07, 6.45) is 5.51. The average molecular weight is 552 g/mol. The molecular weight excluding hydrogens is 519 g/mol. The van der Waals surface area contributed by atoms with Gasteiger partial charge >= 0.3 is 0 Å². The molecule has 0 amide bonds. The molecule has 2 heterocycles. The number of para-hydroxylation sites is 1. The molecule has 0 bridgehead atoms. The Balaban J connectivity index is 1.66. The van der Waals surface area contributed by atoms with Gasteiger partial charge in [0.1, 0.15) is 11.6 Å². The average Bonchev–Trinajstić information content (AvgIpc) is 3.39. The van der Waals surface area contributed by atoms with Crippen LogP contribution in [0.3, 0.4) is 0 Å². The van der Waals surface area contributed by atoms with E-state index >= 15 is 0 Å². The Morgan fingerprint density at radius 1 is 1.13 bits per heavy atom. The molecule has 5 rings (SSSR count). The van der Waals surface area contributed by atoms with Gasteiger partial charge in [-0.25, -0.2) is 9.51 Å². The van der Waals surface area contributed by atoms with E-state index in [2.05, 4.69) is 42.2 Å². The van der Waals surface area contributed by atoms with Gasteiger partial charge < -0.3 is 21.5 Å². The van der Waals surface area contributed by atoms with Crippen molar-refractivity contribution in [2.75, 3.05) is 12.4 Å². The summed E-state index contributed by atoms with van der Waals surface area (Å²) in [7, 11) is 1.62. The Morgan fingerprint density at radius 3 is 2.55 bits per heavy atom. The van der Waals surface area contributed by atoms with E-state index in [0.717, 1.165) is 35.2 Å². The SMILES string of the molecule is COc1ccc(-c2cc3c(N[C@@H]4CC[C@](C)(N)C4(C)C)c(C(N)=Nc4ccccc4Cl)cnn3c2)c(Cl)c1. The van der Waals surface area contributed by atoms with Crippen LogP contribution in [0, 0.1) is 5.41 Å². The molecule has 5 N–H and O–H groups in total. The molecule has 2 aromatic carbocycles. The van der Waals surface area contributed by atoms with E-state index in [9.17, 15) is 0 Å². The summed E-state index contributed by atoms with van der Waals surface area (Å²) in [5.41, 5.74) is 17.6. The number of nitrogens with one attached hydrogen (secondary N) is 1. The van der Waals surface area contributed by atoms with E-state index in [1.54, 1.807) is 25.4 Å². The van der Waals surface area contributed by atoms with Crippen molar-refractivity contribution in [3.05, 3.63) is 76.5 Å². The van der Waals surface area contributed by atoms with E-state index in [-0.39, 0.29) is 17.0 Å². The number of rotatable bonds is 6. The number of hydrogen-bond donors (Lipinski definition) is 3. The standard InChI is InChI=1S/C29H32Cl2N6O/c1-28(2)25(11-12-29(28,3)33)36-26-20(27(32)35-23-8-6-5-7-21(23)30)15-34-37-16-17(13-24(26)37)19-10-9-18(38-4)14-22(19)31/h5-10,13-16,25,36H,11-12,33H2,1-4H3,(H2,32,35)/t25-,29+/m1/s1. The van der Waals surface area contributed by atoms with Crippen LogP contribution < -0.4 is 21.5 Å². The molecule has 1 aliphatic carbocycles. The summed E-state index contributed by atoms with van der Waals surface area (Å²) in [6.45, 7) is 6.53.